The van der Waals surface area contributed by atoms with Gasteiger partial charge < -0.3 is 15.0 Å². The number of methoxy groups -OCH3 is 1. The van der Waals surface area contributed by atoms with Crippen LogP contribution >= 0.6 is 0 Å². The van der Waals surface area contributed by atoms with Crippen LogP contribution in [0.15, 0.2) is 24.3 Å². The minimum absolute atomic E-state index is 0.0201. The lowest BCUT2D eigenvalue weighted by atomic mass is 9.91. The van der Waals surface area contributed by atoms with Gasteiger partial charge in [0.25, 0.3) is 0 Å². The Kier molecular flexibility index (Phi) is 5.74. The fourth-order valence-corrected chi connectivity index (χ4v) is 4.12. The fourth-order valence-electron chi connectivity index (χ4n) is 4.12. The van der Waals surface area contributed by atoms with Crippen molar-refractivity contribution in [1.29, 1.82) is 0 Å². The number of likely N-dealkylation sites (tertiary alicyclic amines) is 1. The molecular formula is C20H28N2O3. The van der Waals surface area contributed by atoms with Gasteiger partial charge in [0.05, 0.1) is 18.6 Å². The quantitative estimate of drug-likeness (QED) is 0.863. The van der Waals surface area contributed by atoms with Crippen LogP contribution in [0.4, 0.5) is 0 Å². The zero-order chi connectivity index (χ0) is 17.8. The molecule has 5 heteroatoms. The van der Waals surface area contributed by atoms with Crippen LogP contribution in [0, 0.1) is 12.8 Å². The lowest BCUT2D eigenvalue weighted by Gasteiger charge is -2.29. The second-order valence-electron chi connectivity index (χ2n) is 7.24. The number of benzene rings is 1. The Labute approximate surface area is 149 Å². The summed E-state index contributed by atoms with van der Waals surface area (Å²) in [4.78, 5) is 27.3. The smallest absolute Gasteiger partial charge is 0.226 e. The van der Waals surface area contributed by atoms with Gasteiger partial charge in [0.15, 0.2) is 0 Å². The first-order valence-electron chi connectivity index (χ1n) is 9.25. The minimum Gasteiger partial charge on any atom is -0.383 e. The van der Waals surface area contributed by atoms with Gasteiger partial charge in [-0.25, -0.2) is 0 Å². The molecule has 136 valence electrons. The van der Waals surface area contributed by atoms with Gasteiger partial charge in [-0.05, 0) is 25.3 Å². The number of hydrogen-bond acceptors (Lipinski definition) is 3. The van der Waals surface area contributed by atoms with Crippen molar-refractivity contribution in [2.45, 2.75) is 51.1 Å². The minimum atomic E-state index is -0.327. The normalized spacial score (nSPS) is 24.1. The Balaban J connectivity index is 1.83. The van der Waals surface area contributed by atoms with Crippen LogP contribution in [-0.4, -0.2) is 43.0 Å². The monoisotopic (exact) mass is 344 g/mol. The van der Waals surface area contributed by atoms with E-state index in [1.54, 1.807) is 7.11 Å². The van der Waals surface area contributed by atoms with Crippen LogP contribution < -0.4 is 5.32 Å². The maximum Gasteiger partial charge on any atom is 0.226 e. The number of carbonyl (C=O) groups excluding carboxylic acids is 2. The van der Waals surface area contributed by atoms with Gasteiger partial charge >= 0.3 is 0 Å². The van der Waals surface area contributed by atoms with Gasteiger partial charge in [-0.2, -0.15) is 0 Å². The van der Waals surface area contributed by atoms with Crippen LogP contribution in [0.1, 0.15) is 49.3 Å². The molecule has 5 nitrogen and oxygen atoms in total. The van der Waals surface area contributed by atoms with E-state index in [0.29, 0.717) is 13.2 Å². The Hall–Kier alpha value is -1.88. The van der Waals surface area contributed by atoms with Gasteiger partial charge in [0.1, 0.15) is 0 Å². The third-order valence-electron chi connectivity index (χ3n) is 5.39. The molecule has 2 amide bonds. The molecule has 2 fully saturated rings. The van der Waals surface area contributed by atoms with Gasteiger partial charge in [0.2, 0.25) is 11.8 Å². The van der Waals surface area contributed by atoms with Crippen molar-refractivity contribution in [1.82, 2.24) is 10.2 Å². The highest BCUT2D eigenvalue weighted by molar-refractivity contribution is 5.90. The Morgan fingerprint density at radius 1 is 1.32 bits per heavy atom. The van der Waals surface area contributed by atoms with Crippen molar-refractivity contribution in [3.05, 3.63) is 35.4 Å². The molecule has 1 aromatic carbocycles. The molecule has 1 saturated carbocycles. The van der Waals surface area contributed by atoms with Crippen molar-refractivity contribution in [3.8, 4) is 0 Å². The molecule has 1 aliphatic carbocycles. The van der Waals surface area contributed by atoms with E-state index in [9.17, 15) is 9.59 Å². The average Bonchev–Trinajstić information content (AvgIpc) is 3.20. The number of carbonyl (C=O) groups is 2. The molecular weight excluding hydrogens is 316 g/mol. The summed E-state index contributed by atoms with van der Waals surface area (Å²) in [6.07, 6.45) is 4.73. The topological polar surface area (TPSA) is 58.6 Å². The number of nitrogens with zero attached hydrogens (tertiary/aromatic N) is 1. The molecule has 1 aliphatic heterocycles. The molecule has 0 bridgehead atoms. The van der Waals surface area contributed by atoms with Crippen molar-refractivity contribution >= 4 is 11.8 Å². The Morgan fingerprint density at radius 3 is 2.76 bits per heavy atom. The number of rotatable bonds is 6. The molecule has 2 aliphatic rings. The van der Waals surface area contributed by atoms with E-state index in [4.69, 9.17) is 4.74 Å². The summed E-state index contributed by atoms with van der Waals surface area (Å²) in [5.74, 6) is -0.270. The molecule has 1 aromatic rings. The van der Waals surface area contributed by atoms with Crippen molar-refractivity contribution in [2.24, 2.45) is 5.92 Å². The zero-order valence-electron chi connectivity index (χ0n) is 15.2. The second-order valence-corrected chi connectivity index (χ2v) is 7.24. The highest BCUT2D eigenvalue weighted by Gasteiger charge is 2.44. The van der Waals surface area contributed by atoms with E-state index >= 15 is 0 Å². The summed E-state index contributed by atoms with van der Waals surface area (Å²) in [6.45, 7) is 3.03. The summed E-state index contributed by atoms with van der Waals surface area (Å²) >= 11 is 0. The highest BCUT2D eigenvalue weighted by atomic mass is 16.5. The SMILES string of the molecule is COCCN1C(=O)C[C@@H](C(=O)NC2CCCC2)[C@@H]1c1cccc(C)c1. The molecule has 0 unspecified atom stereocenters. The maximum atomic E-state index is 12.9. The maximum absolute atomic E-state index is 12.9. The van der Waals surface area contributed by atoms with E-state index in [0.717, 1.165) is 24.0 Å². The second kappa shape index (κ2) is 8.00. The molecule has 1 heterocycles. The first-order chi connectivity index (χ1) is 12.1. The molecule has 0 radical (unpaired) electrons. The first kappa shape index (κ1) is 17.9. The standard InChI is InChI=1S/C20H28N2O3/c1-14-6-5-7-15(12-14)19-17(13-18(23)22(19)10-11-25-2)20(24)21-16-8-3-4-9-16/h5-7,12,16-17,19H,3-4,8-11,13H2,1-2H3,(H,21,24)/t17-,19+/m1/s1. The van der Waals surface area contributed by atoms with E-state index in [-0.39, 0.29) is 36.2 Å². The van der Waals surface area contributed by atoms with Crippen LogP contribution in [0.2, 0.25) is 0 Å². The number of aryl methyl sites for hydroxylation is 1. The molecule has 1 saturated heterocycles. The third kappa shape index (κ3) is 4.03. The van der Waals surface area contributed by atoms with Crippen molar-refractivity contribution in [2.75, 3.05) is 20.3 Å². The summed E-state index contributed by atoms with van der Waals surface area (Å²) in [5, 5.41) is 3.18. The van der Waals surface area contributed by atoms with Crippen molar-refractivity contribution < 1.29 is 14.3 Å². The molecule has 25 heavy (non-hydrogen) atoms. The van der Waals surface area contributed by atoms with Gasteiger partial charge in [-0.15, -0.1) is 0 Å². The summed E-state index contributed by atoms with van der Waals surface area (Å²) < 4.78 is 5.17. The Morgan fingerprint density at radius 2 is 2.08 bits per heavy atom. The summed E-state index contributed by atoms with van der Waals surface area (Å²) in [6, 6.07) is 8.20. The first-order valence-corrected chi connectivity index (χ1v) is 9.25. The lowest BCUT2D eigenvalue weighted by Crippen LogP contribution is -2.40. The van der Waals surface area contributed by atoms with Gasteiger partial charge in [0, 0.05) is 26.1 Å². The predicted octanol–water partition coefficient (Wildman–Crippen LogP) is 2.59. The van der Waals surface area contributed by atoms with E-state index in [1.807, 2.05) is 30.0 Å². The zero-order valence-corrected chi connectivity index (χ0v) is 15.2. The predicted molar refractivity (Wildman–Crippen MR) is 96.0 cm³/mol. The number of ether oxygens (including phenoxy) is 1. The number of hydrogen-bond donors (Lipinski definition) is 1. The van der Waals surface area contributed by atoms with E-state index in [2.05, 4.69) is 11.4 Å². The van der Waals surface area contributed by atoms with Crippen LogP contribution in [-0.2, 0) is 14.3 Å². The van der Waals surface area contributed by atoms with Gasteiger partial charge in [-0.1, -0.05) is 42.7 Å². The molecule has 1 N–H and O–H groups in total. The summed E-state index contributed by atoms with van der Waals surface area (Å²) in [5.41, 5.74) is 2.17. The van der Waals surface area contributed by atoms with Gasteiger partial charge in [-0.3, -0.25) is 9.59 Å². The van der Waals surface area contributed by atoms with Crippen LogP contribution in [0.25, 0.3) is 0 Å². The lowest BCUT2D eigenvalue weighted by molar-refractivity contribution is -0.129. The van der Waals surface area contributed by atoms with E-state index in [1.165, 1.54) is 12.8 Å². The Bertz CT molecular complexity index is 625. The molecule has 0 spiro atoms. The van der Waals surface area contributed by atoms with Crippen molar-refractivity contribution in [3.63, 3.8) is 0 Å². The number of amides is 2. The van der Waals surface area contributed by atoms with Crippen LogP contribution in [0.5, 0.6) is 0 Å². The largest absolute Gasteiger partial charge is 0.383 e. The molecule has 2 atom stereocenters. The third-order valence-corrected chi connectivity index (χ3v) is 5.39. The highest BCUT2D eigenvalue weighted by Crippen LogP contribution is 2.38. The number of nitrogens with one attached hydrogen (secondary N) is 1. The molecule has 0 aromatic heterocycles. The fraction of sp³-hybridized carbons (Fsp3) is 0.600. The van der Waals surface area contributed by atoms with Crippen LogP contribution in [0.3, 0.4) is 0 Å². The molecule has 3 rings (SSSR count). The average molecular weight is 344 g/mol. The summed E-state index contributed by atoms with van der Waals surface area (Å²) in [7, 11) is 1.63. The van der Waals surface area contributed by atoms with E-state index < -0.39 is 0 Å².